The fourth-order valence-electron chi connectivity index (χ4n) is 7.62. The lowest BCUT2D eigenvalue weighted by molar-refractivity contribution is -0.136. The number of aromatic hydroxyl groups is 1. The largest absolute Gasteiger partial charge is 0.508 e. The van der Waals surface area contributed by atoms with E-state index in [-0.39, 0.29) is 35.5 Å². The summed E-state index contributed by atoms with van der Waals surface area (Å²) in [6.07, 6.45) is 2.15. The predicted molar refractivity (Wildman–Crippen MR) is 189 cm³/mol. The minimum absolute atomic E-state index is 0.0429. The molecule has 3 amide bonds. The number of hydrogen-bond donors (Lipinski definition) is 2. The van der Waals surface area contributed by atoms with E-state index in [1.165, 1.54) is 23.0 Å². The van der Waals surface area contributed by atoms with Crippen LogP contribution in [-0.2, 0) is 16.1 Å². The number of fused-ring (bicyclic) bond motifs is 2. The second-order valence-electron chi connectivity index (χ2n) is 13.5. The SMILES string of the molecule is O=C1CCC(N2Cc3cc(N4CCN(CCN5CCN(c6ccc(-n7cnc8ccc(O)cc8c7=O)cc6)CC5)CC4)ccc3C2=O)C(=O)N1. The third-order valence-corrected chi connectivity index (χ3v) is 10.6. The molecule has 3 saturated heterocycles. The van der Waals surface area contributed by atoms with Crippen LogP contribution in [0.1, 0.15) is 28.8 Å². The molecular weight excluding hydrogens is 636 g/mol. The first kappa shape index (κ1) is 32.0. The highest BCUT2D eigenvalue weighted by molar-refractivity contribution is 6.05. The molecule has 1 unspecified atom stereocenters. The molecule has 4 aliphatic rings. The van der Waals surface area contributed by atoms with E-state index in [0.717, 1.165) is 88.1 Å². The number of imide groups is 1. The summed E-state index contributed by atoms with van der Waals surface area (Å²) in [6, 6.07) is 18.0. The lowest BCUT2D eigenvalue weighted by atomic mass is 10.0. The smallest absolute Gasteiger partial charge is 0.265 e. The number of nitrogens with one attached hydrogen (secondary N) is 1. The van der Waals surface area contributed by atoms with Crippen molar-refractivity contribution in [2.24, 2.45) is 0 Å². The molecule has 0 spiro atoms. The number of hydrogen-bond acceptors (Lipinski definition) is 10. The van der Waals surface area contributed by atoms with Crippen LogP contribution < -0.4 is 20.7 Å². The van der Waals surface area contributed by atoms with Crippen molar-refractivity contribution in [1.82, 2.24) is 29.6 Å². The average Bonchev–Trinajstić information content (AvgIpc) is 3.46. The predicted octanol–water partition coefficient (Wildman–Crippen LogP) is 1.80. The number of nitrogens with zero attached hydrogens (tertiary/aromatic N) is 7. The van der Waals surface area contributed by atoms with Crippen molar-refractivity contribution < 1.29 is 19.5 Å². The third-order valence-electron chi connectivity index (χ3n) is 10.6. The normalized spacial score (nSPS) is 20.4. The zero-order valence-electron chi connectivity index (χ0n) is 27.8. The zero-order valence-corrected chi connectivity index (χ0v) is 27.8. The molecule has 1 aromatic heterocycles. The Morgan fingerprint density at radius 2 is 1.38 bits per heavy atom. The van der Waals surface area contributed by atoms with Crippen LogP contribution in [0.2, 0.25) is 0 Å². The van der Waals surface area contributed by atoms with Gasteiger partial charge in [0.1, 0.15) is 18.1 Å². The van der Waals surface area contributed by atoms with Gasteiger partial charge in [0.2, 0.25) is 11.8 Å². The molecule has 50 heavy (non-hydrogen) atoms. The van der Waals surface area contributed by atoms with Crippen molar-refractivity contribution in [3.8, 4) is 11.4 Å². The van der Waals surface area contributed by atoms with Gasteiger partial charge in [-0.15, -0.1) is 0 Å². The molecule has 4 aromatic rings. The van der Waals surface area contributed by atoms with Gasteiger partial charge in [-0.3, -0.25) is 38.9 Å². The Labute approximate surface area is 289 Å². The van der Waals surface area contributed by atoms with Crippen LogP contribution in [-0.4, -0.2) is 119 Å². The summed E-state index contributed by atoms with van der Waals surface area (Å²) in [5.74, 6) is -0.758. The number of carbonyl (C=O) groups is 3. The summed E-state index contributed by atoms with van der Waals surface area (Å²) in [5, 5.41) is 12.6. The molecule has 13 nitrogen and oxygen atoms in total. The summed E-state index contributed by atoms with van der Waals surface area (Å²) >= 11 is 0. The number of piperidine rings is 1. The number of carbonyl (C=O) groups excluding carboxylic acids is 3. The number of aromatic nitrogens is 2. The second-order valence-corrected chi connectivity index (χ2v) is 13.5. The quantitative estimate of drug-likeness (QED) is 0.279. The molecule has 0 aliphatic carbocycles. The van der Waals surface area contributed by atoms with Gasteiger partial charge in [0, 0.05) is 95.4 Å². The second kappa shape index (κ2) is 13.2. The van der Waals surface area contributed by atoms with Crippen molar-refractivity contribution in [2.75, 3.05) is 75.2 Å². The average molecular weight is 677 g/mol. The van der Waals surface area contributed by atoms with Crippen LogP contribution in [0, 0.1) is 0 Å². The summed E-state index contributed by atoms with van der Waals surface area (Å²) in [5.41, 5.74) is 4.89. The Morgan fingerprint density at radius 1 is 0.740 bits per heavy atom. The van der Waals surface area contributed by atoms with Crippen molar-refractivity contribution in [3.05, 3.63) is 88.5 Å². The van der Waals surface area contributed by atoms with Crippen molar-refractivity contribution in [2.45, 2.75) is 25.4 Å². The van der Waals surface area contributed by atoms with E-state index in [1.807, 2.05) is 24.3 Å². The van der Waals surface area contributed by atoms with E-state index in [1.54, 1.807) is 11.0 Å². The molecule has 0 bridgehead atoms. The standard InChI is InChI=1S/C37H40N8O5/c46-29-6-8-32-31(22-29)37(50)45(24-38-32)27-3-1-26(2-4-27)42-17-13-40(14-18-42)11-12-41-15-19-43(20-16-41)28-5-7-30-25(21-28)23-44(36(30)49)33-9-10-34(47)39-35(33)48/h1-8,21-22,24,33,46H,9-20,23H2,(H,39,47,48). The Hall–Kier alpha value is -5.27. The minimum Gasteiger partial charge on any atom is -0.508 e. The maximum atomic E-state index is 13.1. The van der Waals surface area contributed by atoms with E-state index in [2.05, 4.69) is 48.1 Å². The molecular formula is C37H40N8O5. The van der Waals surface area contributed by atoms with Crippen LogP contribution in [0.25, 0.3) is 16.6 Å². The fraction of sp³-hybridized carbons (Fsp3) is 0.378. The number of piperazine rings is 2. The van der Waals surface area contributed by atoms with Gasteiger partial charge in [0.05, 0.1) is 16.6 Å². The molecule has 13 heteroatoms. The number of anilines is 2. The summed E-state index contributed by atoms with van der Waals surface area (Å²) in [6.45, 7) is 10.1. The lowest BCUT2D eigenvalue weighted by Gasteiger charge is -2.39. The number of phenolic OH excluding ortho intramolecular Hbond substituents is 1. The molecule has 1 atom stereocenters. The number of rotatable bonds is 7. The molecule has 0 radical (unpaired) electrons. The monoisotopic (exact) mass is 676 g/mol. The Bertz CT molecular complexity index is 2010. The van der Waals surface area contributed by atoms with Gasteiger partial charge >= 0.3 is 0 Å². The minimum atomic E-state index is -0.597. The molecule has 3 aromatic carbocycles. The first-order valence-electron chi connectivity index (χ1n) is 17.3. The van der Waals surface area contributed by atoms with Crippen LogP contribution in [0.15, 0.2) is 71.8 Å². The fourth-order valence-corrected chi connectivity index (χ4v) is 7.62. The Balaban J connectivity index is 0.797. The van der Waals surface area contributed by atoms with Crippen LogP contribution in [0.3, 0.4) is 0 Å². The molecule has 258 valence electrons. The topological polar surface area (TPSA) is 135 Å². The number of phenols is 1. The lowest BCUT2D eigenvalue weighted by Crippen LogP contribution is -2.52. The summed E-state index contributed by atoms with van der Waals surface area (Å²) < 4.78 is 1.51. The van der Waals surface area contributed by atoms with E-state index in [9.17, 15) is 24.3 Å². The Morgan fingerprint density at radius 3 is 2.06 bits per heavy atom. The first-order chi connectivity index (χ1) is 24.3. The van der Waals surface area contributed by atoms with Crippen LogP contribution in [0.5, 0.6) is 5.75 Å². The van der Waals surface area contributed by atoms with Gasteiger partial charge in [0.15, 0.2) is 0 Å². The molecule has 5 heterocycles. The van der Waals surface area contributed by atoms with E-state index < -0.39 is 6.04 Å². The van der Waals surface area contributed by atoms with E-state index in [0.29, 0.717) is 29.4 Å². The van der Waals surface area contributed by atoms with Crippen molar-refractivity contribution in [1.29, 1.82) is 0 Å². The van der Waals surface area contributed by atoms with Crippen LogP contribution in [0.4, 0.5) is 11.4 Å². The molecule has 0 saturated carbocycles. The zero-order chi connectivity index (χ0) is 34.4. The number of benzene rings is 3. The van der Waals surface area contributed by atoms with Gasteiger partial charge < -0.3 is 19.8 Å². The highest BCUT2D eigenvalue weighted by Crippen LogP contribution is 2.31. The highest BCUT2D eigenvalue weighted by Gasteiger charge is 2.39. The highest BCUT2D eigenvalue weighted by atomic mass is 16.3. The van der Waals surface area contributed by atoms with Gasteiger partial charge in [-0.25, -0.2) is 4.98 Å². The Kier molecular flexibility index (Phi) is 8.45. The third kappa shape index (κ3) is 6.18. The summed E-state index contributed by atoms with van der Waals surface area (Å²) in [7, 11) is 0. The van der Waals surface area contributed by atoms with Crippen LogP contribution >= 0.6 is 0 Å². The van der Waals surface area contributed by atoms with Gasteiger partial charge in [-0.1, -0.05) is 0 Å². The molecule has 2 N–H and O–H groups in total. The van der Waals surface area contributed by atoms with Crippen molar-refractivity contribution in [3.63, 3.8) is 0 Å². The van der Waals surface area contributed by atoms with Crippen molar-refractivity contribution >= 4 is 40.0 Å². The number of amides is 3. The maximum absolute atomic E-state index is 13.1. The van der Waals surface area contributed by atoms with Gasteiger partial charge in [-0.2, -0.15) is 0 Å². The maximum Gasteiger partial charge on any atom is 0.265 e. The van der Waals surface area contributed by atoms with Gasteiger partial charge in [0.25, 0.3) is 11.5 Å². The van der Waals surface area contributed by atoms with Gasteiger partial charge in [-0.05, 0) is 72.6 Å². The van der Waals surface area contributed by atoms with E-state index >= 15 is 0 Å². The first-order valence-corrected chi connectivity index (χ1v) is 17.3. The molecule has 4 aliphatic heterocycles. The van der Waals surface area contributed by atoms with E-state index in [4.69, 9.17) is 0 Å². The summed E-state index contributed by atoms with van der Waals surface area (Å²) in [4.78, 5) is 65.9. The molecule has 8 rings (SSSR count). The molecule has 3 fully saturated rings.